The maximum Gasteiger partial charge on any atom is 0.308 e. The highest BCUT2D eigenvalue weighted by molar-refractivity contribution is 5.81. The summed E-state index contributed by atoms with van der Waals surface area (Å²) in [6.45, 7) is 2.39. The monoisotopic (exact) mass is 248 g/mol. The molecular weight excluding hydrogens is 232 g/mol. The number of rotatable bonds is 3. The molecule has 0 aliphatic carbocycles. The van der Waals surface area contributed by atoms with E-state index in [1.54, 1.807) is 29.4 Å². The van der Waals surface area contributed by atoms with Crippen LogP contribution in [0.1, 0.15) is 31.4 Å². The van der Waals surface area contributed by atoms with E-state index in [0.29, 0.717) is 19.4 Å². The van der Waals surface area contributed by atoms with E-state index in [4.69, 9.17) is 0 Å². The maximum absolute atomic E-state index is 11.9. The molecule has 5 heteroatoms. The summed E-state index contributed by atoms with van der Waals surface area (Å²) in [5, 5.41) is 9.32. The van der Waals surface area contributed by atoms with Crippen LogP contribution >= 0.6 is 0 Å². The molecule has 0 bridgehead atoms. The van der Waals surface area contributed by atoms with E-state index < -0.39 is 11.9 Å². The molecule has 5 nitrogen and oxygen atoms in total. The van der Waals surface area contributed by atoms with Crippen molar-refractivity contribution in [3.8, 4) is 0 Å². The maximum atomic E-state index is 11.9. The predicted octanol–water partition coefficient (Wildman–Crippen LogP) is 1.47. The lowest BCUT2D eigenvalue weighted by atomic mass is 9.84. The minimum absolute atomic E-state index is 0.0248. The molecule has 1 aromatic heterocycles. The summed E-state index contributed by atoms with van der Waals surface area (Å²) >= 11 is 0. The molecule has 0 saturated carbocycles. The number of carbonyl (C=O) groups excluding carboxylic acids is 1. The fourth-order valence-electron chi connectivity index (χ4n) is 2.56. The van der Waals surface area contributed by atoms with Crippen LogP contribution in [-0.4, -0.2) is 33.4 Å². The molecule has 1 N–H and O–H groups in total. The van der Waals surface area contributed by atoms with Crippen molar-refractivity contribution in [3.05, 3.63) is 30.1 Å². The number of piperidine rings is 1. The number of carboxylic acids is 1. The molecule has 1 aliphatic rings. The molecule has 2 atom stereocenters. The zero-order valence-electron chi connectivity index (χ0n) is 10.2. The van der Waals surface area contributed by atoms with Crippen molar-refractivity contribution in [2.75, 3.05) is 6.54 Å². The van der Waals surface area contributed by atoms with Gasteiger partial charge in [0.2, 0.25) is 5.91 Å². The Hall–Kier alpha value is -1.91. The van der Waals surface area contributed by atoms with Crippen LogP contribution in [-0.2, 0) is 9.59 Å². The first-order chi connectivity index (χ1) is 8.65. The van der Waals surface area contributed by atoms with Crippen molar-refractivity contribution in [3.63, 3.8) is 0 Å². The summed E-state index contributed by atoms with van der Waals surface area (Å²) in [5.74, 6) is -1.36. The first kappa shape index (κ1) is 12.5. The summed E-state index contributed by atoms with van der Waals surface area (Å²) < 4.78 is 0. The van der Waals surface area contributed by atoms with E-state index in [-0.39, 0.29) is 11.9 Å². The highest BCUT2D eigenvalue weighted by Crippen LogP contribution is 2.36. The third-order valence-electron chi connectivity index (χ3n) is 3.41. The molecule has 2 rings (SSSR count). The van der Waals surface area contributed by atoms with Crippen molar-refractivity contribution in [1.82, 2.24) is 9.88 Å². The molecule has 1 aromatic rings. The lowest BCUT2D eigenvalue weighted by Gasteiger charge is -2.39. The molecule has 96 valence electrons. The Kier molecular flexibility index (Phi) is 3.60. The Morgan fingerprint density at radius 2 is 2.17 bits per heavy atom. The van der Waals surface area contributed by atoms with Crippen LogP contribution in [0, 0.1) is 5.92 Å². The summed E-state index contributed by atoms with van der Waals surface area (Å²) in [4.78, 5) is 28.8. The highest BCUT2D eigenvalue weighted by Gasteiger charge is 2.39. The van der Waals surface area contributed by atoms with Gasteiger partial charge >= 0.3 is 5.97 Å². The summed E-state index contributed by atoms with van der Waals surface area (Å²) in [7, 11) is 0. The van der Waals surface area contributed by atoms with Gasteiger partial charge in [0.05, 0.1) is 12.0 Å². The molecular formula is C13H16N2O3. The van der Waals surface area contributed by atoms with Gasteiger partial charge in [0.15, 0.2) is 0 Å². The lowest BCUT2D eigenvalue weighted by molar-refractivity contribution is -0.151. The molecule has 0 radical (unpaired) electrons. The van der Waals surface area contributed by atoms with Crippen LogP contribution in [0.2, 0.25) is 0 Å². The quantitative estimate of drug-likeness (QED) is 0.879. The van der Waals surface area contributed by atoms with Crippen LogP contribution < -0.4 is 0 Å². The standard InChI is InChI=1S/C13H16N2O3/c1-2-15-11(16)4-3-10(13(17)18)12(15)9-5-7-14-8-6-9/h5-8,10,12H,2-4H2,1H3,(H,17,18)/t10-,12+/m0/s1. The Labute approximate surface area is 105 Å². The molecule has 1 amide bonds. The van der Waals surface area contributed by atoms with Gasteiger partial charge < -0.3 is 10.0 Å². The van der Waals surface area contributed by atoms with E-state index in [1.807, 2.05) is 6.92 Å². The van der Waals surface area contributed by atoms with Crippen molar-refractivity contribution < 1.29 is 14.7 Å². The Morgan fingerprint density at radius 3 is 2.72 bits per heavy atom. The van der Waals surface area contributed by atoms with Crippen LogP contribution in [0.25, 0.3) is 0 Å². The number of hydrogen-bond acceptors (Lipinski definition) is 3. The number of aliphatic carboxylic acids is 1. The van der Waals surface area contributed by atoms with Gasteiger partial charge in [0.1, 0.15) is 0 Å². The molecule has 0 spiro atoms. The smallest absolute Gasteiger partial charge is 0.308 e. The number of carboxylic acid groups (broad SMARTS) is 1. The van der Waals surface area contributed by atoms with E-state index in [9.17, 15) is 14.7 Å². The average molecular weight is 248 g/mol. The van der Waals surface area contributed by atoms with Gasteiger partial charge in [-0.3, -0.25) is 14.6 Å². The van der Waals surface area contributed by atoms with Gasteiger partial charge in [-0.15, -0.1) is 0 Å². The number of amides is 1. The van der Waals surface area contributed by atoms with Crippen LogP contribution in [0.4, 0.5) is 0 Å². The van der Waals surface area contributed by atoms with Crippen LogP contribution in [0.5, 0.6) is 0 Å². The van der Waals surface area contributed by atoms with Gasteiger partial charge in [-0.2, -0.15) is 0 Å². The zero-order chi connectivity index (χ0) is 13.1. The fraction of sp³-hybridized carbons (Fsp3) is 0.462. The second kappa shape index (κ2) is 5.16. The Morgan fingerprint density at radius 1 is 1.50 bits per heavy atom. The van der Waals surface area contributed by atoms with Crippen LogP contribution in [0.15, 0.2) is 24.5 Å². The fourth-order valence-corrected chi connectivity index (χ4v) is 2.56. The third-order valence-corrected chi connectivity index (χ3v) is 3.41. The number of likely N-dealkylation sites (tertiary alicyclic amines) is 1. The van der Waals surface area contributed by atoms with E-state index in [1.165, 1.54) is 0 Å². The minimum atomic E-state index is -0.845. The number of hydrogen-bond donors (Lipinski definition) is 1. The predicted molar refractivity (Wildman–Crippen MR) is 64.7 cm³/mol. The van der Waals surface area contributed by atoms with Gasteiger partial charge in [-0.1, -0.05) is 0 Å². The van der Waals surface area contributed by atoms with E-state index >= 15 is 0 Å². The van der Waals surface area contributed by atoms with Crippen molar-refractivity contribution in [2.45, 2.75) is 25.8 Å². The van der Waals surface area contributed by atoms with Crippen molar-refractivity contribution >= 4 is 11.9 Å². The minimum Gasteiger partial charge on any atom is -0.481 e. The van der Waals surface area contributed by atoms with E-state index in [0.717, 1.165) is 5.56 Å². The molecule has 0 aromatic carbocycles. The number of nitrogens with zero attached hydrogens (tertiary/aromatic N) is 2. The van der Waals surface area contributed by atoms with Gasteiger partial charge in [0, 0.05) is 25.4 Å². The normalized spacial score (nSPS) is 24.1. The number of pyridine rings is 1. The summed E-state index contributed by atoms with van der Waals surface area (Å²) in [6, 6.07) is 3.18. The Balaban J connectivity index is 2.40. The average Bonchev–Trinajstić information content (AvgIpc) is 2.39. The van der Waals surface area contributed by atoms with Crippen LogP contribution in [0.3, 0.4) is 0 Å². The first-order valence-electron chi connectivity index (χ1n) is 6.07. The Bertz CT molecular complexity index is 445. The van der Waals surface area contributed by atoms with Gasteiger partial charge in [-0.05, 0) is 31.0 Å². The summed E-state index contributed by atoms with van der Waals surface area (Å²) in [5.41, 5.74) is 0.840. The first-order valence-corrected chi connectivity index (χ1v) is 6.07. The second-order valence-corrected chi connectivity index (χ2v) is 4.39. The van der Waals surface area contributed by atoms with Gasteiger partial charge in [-0.25, -0.2) is 0 Å². The molecule has 1 saturated heterocycles. The molecule has 1 fully saturated rings. The van der Waals surface area contributed by atoms with Gasteiger partial charge in [0.25, 0.3) is 0 Å². The topological polar surface area (TPSA) is 70.5 Å². The van der Waals surface area contributed by atoms with E-state index in [2.05, 4.69) is 4.98 Å². The molecule has 1 aliphatic heterocycles. The van der Waals surface area contributed by atoms with Crippen molar-refractivity contribution in [2.24, 2.45) is 5.92 Å². The third kappa shape index (κ3) is 2.20. The SMILES string of the molecule is CCN1C(=O)CC[C@H](C(=O)O)[C@H]1c1ccncc1. The molecule has 0 unspecified atom stereocenters. The molecule has 18 heavy (non-hydrogen) atoms. The second-order valence-electron chi connectivity index (χ2n) is 4.39. The largest absolute Gasteiger partial charge is 0.481 e. The summed E-state index contributed by atoms with van der Waals surface area (Å²) in [6.07, 6.45) is 3.96. The lowest BCUT2D eigenvalue weighted by Crippen LogP contribution is -2.45. The van der Waals surface area contributed by atoms with Crippen molar-refractivity contribution in [1.29, 1.82) is 0 Å². The molecule has 2 heterocycles. The number of aromatic nitrogens is 1. The number of carbonyl (C=O) groups is 2. The zero-order valence-corrected chi connectivity index (χ0v) is 10.2. The highest BCUT2D eigenvalue weighted by atomic mass is 16.4.